The minimum Gasteiger partial charge on any atom is -0.398 e. The van der Waals surface area contributed by atoms with Crippen molar-refractivity contribution < 1.29 is 14.3 Å². The highest BCUT2D eigenvalue weighted by Crippen LogP contribution is 2.33. The maximum atomic E-state index is 12.6. The van der Waals surface area contributed by atoms with Gasteiger partial charge in [0.05, 0.1) is 13.2 Å². The van der Waals surface area contributed by atoms with E-state index in [2.05, 4.69) is 0 Å². The predicted molar refractivity (Wildman–Crippen MR) is 80.0 cm³/mol. The summed E-state index contributed by atoms with van der Waals surface area (Å²) in [6.07, 6.45) is 0. The van der Waals surface area contributed by atoms with Crippen LogP contribution in [0.4, 0.5) is 5.69 Å². The molecule has 1 aliphatic rings. The topological polar surface area (TPSA) is 61.6 Å². The van der Waals surface area contributed by atoms with Crippen LogP contribution in [0, 0.1) is 0 Å². The van der Waals surface area contributed by atoms with Crippen LogP contribution in [0.25, 0.3) is 0 Å². The number of ketones is 1. The molecular weight excluding hydrogens is 266 g/mol. The Kier molecular flexibility index (Phi) is 3.49. The fraction of sp³-hybridized carbons (Fsp3) is 0.235. The van der Waals surface area contributed by atoms with Crippen LogP contribution in [0.15, 0.2) is 48.5 Å². The van der Waals surface area contributed by atoms with Crippen LogP contribution >= 0.6 is 0 Å². The smallest absolute Gasteiger partial charge is 0.195 e. The van der Waals surface area contributed by atoms with Crippen LogP contribution in [-0.2, 0) is 15.3 Å². The van der Waals surface area contributed by atoms with Gasteiger partial charge in [-0.1, -0.05) is 36.4 Å². The van der Waals surface area contributed by atoms with Crippen LogP contribution in [0.5, 0.6) is 0 Å². The van der Waals surface area contributed by atoms with E-state index in [4.69, 9.17) is 15.2 Å². The molecule has 108 valence electrons. The van der Waals surface area contributed by atoms with Gasteiger partial charge in [0, 0.05) is 22.4 Å². The molecule has 2 aromatic rings. The Labute approximate surface area is 123 Å². The van der Waals surface area contributed by atoms with Crippen molar-refractivity contribution in [3.63, 3.8) is 0 Å². The quantitative estimate of drug-likeness (QED) is 0.695. The number of hydrogen-bond donors (Lipinski definition) is 1. The van der Waals surface area contributed by atoms with Gasteiger partial charge in [0.1, 0.15) is 0 Å². The summed E-state index contributed by atoms with van der Waals surface area (Å²) >= 11 is 0. The third-order valence-electron chi connectivity index (χ3n) is 3.70. The Morgan fingerprint density at radius 3 is 2.43 bits per heavy atom. The van der Waals surface area contributed by atoms with Crippen molar-refractivity contribution in [1.29, 1.82) is 0 Å². The lowest BCUT2D eigenvalue weighted by atomic mass is 9.97. The van der Waals surface area contributed by atoms with E-state index in [-0.39, 0.29) is 5.78 Å². The fourth-order valence-corrected chi connectivity index (χ4v) is 2.46. The van der Waals surface area contributed by atoms with E-state index in [1.807, 2.05) is 31.2 Å². The van der Waals surface area contributed by atoms with E-state index in [1.165, 1.54) is 0 Å². The molecule has 21 heavy (non-hydrogen) atoms. The van der Waals surface area contributed by atoms with Gasteiger partial charge in [-0.25, -0.2) is 0 Å². The summed E-state index contributed by atoms with van der Waals surface area (Å²) < 4.78 is 11.3. The summed E-state index contributed by atoms with van der Waals surface area (Å²) in [4.78, 5) is 12.6. The molecule has 0 aromatic heterocycles. The highest BCUT2D eigenvalue weighted by molar-refractivity contribution is 6.12. The molecule has 0 saturated carbocycles. The average Bonchev–Trinajstić information content (AvgIpc) is 2.96. The molecule has 0 atom stereocenters. The number of rotatable bonds is 3. The summed E-state index contributed by atoms with van der Waals surface area (Å²) in [5.41, 5.74) is 8.30. The van der Waals surface area contributed by atoms with E-state index in [0.717, 1.165) is 5.56 Å². The standard InChI is InChI=1S/C17H17NO3/c1-17(20-9-10-21-17)13-7-8-15(18)14(11-13)16(19)12-5-3-2-4-6-12/h2-8,11H,9-10,18H2,1H3. The molecule has 0 bridgehead atoms. The van der Waals surface area contributed by atoms with Crippen LogP contribution in [0.2, 0.25) is 0 Å². The maximum Gasteiger partial charge on any atom is 0.195 e. The number of hydrogen-bond acceptors (Lipinski definition) is 4. The largest absolute Gasteiger partial charge is 0.398 e. The Balaban J connectivity index is 2.01. The monoisotopic (exact) mass is 283 g/mol. The minimum absolute atomic E-state index is 0.100. The first-order chi connectivity index (χ1) is 10.1. The molecule has 0 amide bonds. The van der Waals surface area contributed by atoms with Crippen LogP contribution in [-0.4, -0.2) is 19.0 Å². The van der Waals surface area contributed by atoms with E-state index >= 15 is 0 Å². The van der Waals surface area contributed by atoms with Crippen molar-refractivity contribution in [1.82, 2.24) is 0 Å². The summed E-state index contributed by atoms with van der Waals surface area (Å²) in [6, 6.07) is 14.4. The van der Waals surface area contributed by atoms with Gasteiger partial charge < -0.3 is 15.2 Å². The molecule has 0 unspecified atom stereocenters. The Bertz CT molecular complexity index is 661. The third-order valence-corrected chi connectivity index (χ3v) is 3.70. The van der Waals surface area contributed by atoms with Gasteiger partial charge in [0.2, 0.25) is 0 Å². The molecular formula is C17H17NO3. The number of carbonyl (C=O) groups is 1. The molecule has 2 N–H and O–H groups in total. The third kappa shape index (κ3) is 2.55. The highest BCUT2D eigenvalue weighted by atomic mass is 16.7. The second-order valence-electron chi connectivity index (χ2n) is 5.14. The number of carbonyl (C=O) groups excluding carboxylic acids is 1. The molecule has 1 heterocycles. The van der Waals surface area contributed by atoms with Gasteiger partial charge in [-0.05, 0) is 19.1 Å². The zero-order valence-corrected chi connectivity index (χ0v) is 11.8. The van der Waals surface area contributed by atoms with Crippen molar-refractivity contribution in [2.45, 2.75) is 12.7 Å². The molecule has 2 aromatic carbocycles. The van der Waals surface area contributed by atoms with E-state index in [1.54, 1.807) is 24.3 Å². The maximum absolute atomic E-state index is 12.6. The van der Waals surface area contributed by atoms with Crippen molar-refractivity contribution in [3.8, 4) is 0 Å². The van der Waals surface area contributed by atoms with Gasteiger partial charge in [0.15, 0.2) is 11.6 Å². The van der Waals surface area contributed by atoms with Crippen LogP contribution in [0.1, 0.15) is 28.4 Å². The first-order valence-electron chi connectivity index (χ1n) is 6.88. The number of nitrogens with two attached hydrogens (primary N) is 1. The Morgan fingerprint density at radius 1 is 1.10 bits per heavy atom. The lowest BCUT2D eigenvalue weighted by Gasteiger charge is -2.23. The van der Waals surface area contributed by atoms with Crippen molar-refractivity contribution in [3.05, 3.63) is 65.2 Å². The Hall–Kier alpha value is -2.17. The summed E-state index contributed by atoms with van der Waals surface area (Å²) in [6.45, 7) is 2.94. The zero-order chi connectivity index (χ0) is 14.9. The lowest BCUT2D eigenvalue weighted by Crippen LogP contribution is -2.23. The summed E-state index contributed by atoms with van der Waals surface area (Å²) in [7, 11) is 0. The minimum atomic E-state index is -0.806. The fourth-order valence-electron chi connectivity index (χ4n) is 2.46. The first-order valence-corrected chi connectivity index (χ1v) is 6.88. The second-order valence-corrected chi connectivity index (χ2v) is 5.14. The SMILES string of the molecule is CC1(c2ccc(N)c(C(=O)c3ccccc3)c2)OCCO1. The normalized spacial score (nSPS) is 16.8. The zero-order valence-electron chi connectivity index (χ0n) is 11.8. The van der Waals surface area contributed by atoms with Crippen LogP contribution in [0.3, 0.4) is 0 Å². The summed E-state index contributed by atoms with van der Waals surface area (Å²) in [5, 5.41) is 0. The predicted octanol–water partition coefficient (Wildman–Crippen LogP) is 2.72. The molecule has 0 radical (unpaired) electrons. The molecule has 1 fully saturated rings. The Morgan fingerprint density at radius 2 is 1.76 bits per heavy atom. The van der Waals surface area contributed by atoms with Gasteiger partial charge in [-0.15, -0.1) is 0 Å². The number of benzene rings is 2. The van der Waals surface area contributed by atoms with Gasteiger partial charge in [0.25, 0.3) is 0 Å². The second kappa shape index (κ2) is 5.31. The van der Waals surface area contributed by atoms with Gasteiger partial charge >= 0.3 is 0 Å². The average molecular weight is 283 g/mol. The molecule has 1 saturated heterocycles. The van der Waals surface area contributed by atoms with Crippen molar-refractivity contribution in [2.75, 3.05) is 18.9 Å². The molecule has 3 rings (SSSR count). The lowest BCUT2D eigenvalue weighted by molar-refractivity contribution is -0.149. The molecule has 4 nitrogen and oxygen atoms in total. The van der Waals surface area contributed by atoms with Crippen molar-refractivity contribution in [2.24, 2.45) is 0 Å². The van der Waals surface area contributed by atoms with Gasteiger partial charge in [-0.3, -0.25) is 4.79 Å². The summed E-state index contributed by atoms with van der Waals surface area (Å²) in [5.74, 6) is -0.907. The molecule has 4 heteroatoms. The van der Waals surface area contributed by atoms with E-state index in [0.29, 0.717) is 30.0 Å². The van der Waals surface area contributed by atoms with E-state index in [9.17, 15) is 4.79 Å². The van der Waals surface area contributed by atoms with E-state index < -0.39 is 5.79 Å². The highest BCUT2D eigenvalue weighted by Gasteiger charge is 2.33. The molecule has 0 aliphatic carbocycles. The molecule has 0 spiro atoms. The number of nitrogen functional groups attached to an aromatic ring is 1. The number of anilines is 1. The molecule has 1 aliphatic heterocycles. The number of ether oxygens (including phenoxy) is 2. The van der Waals surface area contributed by atoms with Gasteiger partial charge in [-0.2, -0.15) is 0 Å². The van der Waals surface area contributed by atoms with Crippen molar-refractivity contribution >= 4 is 11.5 Å². The first kappa shape index (κ1) is 13.8. The van der Waals surface area contributed by atoms with Crippen LogP contribution < -0.4 is 5.73 Å².